The maximum absolute atomic E-state index is 11.9. The van der Waals surface area contributed by atoms with Crippen LogP contribution in [-0.4, -0.2) is 38.7 Å². The van der Waals surface area contributed by atoms with E-state index in [0.717, 1.165) is 16.5 Å². The van der Waals surface area contributed by atoms with Crippen LogP contribution in [0.15, 0.2) is 40.4 Å². The highest BCUT2D eigenvalue weighted by Gasteiger charge is 2.26. The lowest BCUT2D eigenvalue weighted by atomic mass is 10.3. The maximum atomic E-state index is 11.9. The summed E-state index contributed by atoms with van der Waals surface area (Å²) in [6.45, 7) is 0.692. The number of anilines is 1. The van der Waals surface area contributed by atoms with Crippen molar-refractivity contribution >= 4 is 50.6 Å². The number of hydrogen-bond donors (Lipinski definition) is 1. The molecule has 3 rings (SSSR count). The molecule has 114 valence electrons. The number of rotatable bonds is 3. The molecule has 2 amide bonds. The van der Waals surface area contributed by atoms with E-state index in [2.05, 4.69) is 15.4 Å². The predicted octanol–water partition coefficient (Wildman–Crippen LogP) is 2.35. The fourth-order valence-corrected chi connectivity index (χ4v) is 3.77. The van der Waals surface area contributed by atoms with Gasteiger partial charge in [0.2, 0.25) is 11.8 Å². The van der Waals surface area contributed by atoms with Crippen molar-refractivity contribution in [3.63, 3.8) is 0 Å². The Balaban J connectivity index is 1.52. The molecule has 22 heavy (non-hydrogen) atoms. The molecule has 0 unspecified atom stereocenters. The molecule has 2 heterocycles. The Labute approximate surface area is 136 Å². The van der Waals surface area contributed by atoms with Crippen LogP contribution >= 0.6 is 23.5 Å². The van der Waals surface area contributed by atoms with Gasteiger partial charge in [0.1, 0.15) is 0 Å². The Morgan fingerprint density at radius 2 is 2.18 bits per heavy atom. The van der Waals surface area contributed by atoms with E-state index in [-0.39, 0.29) is 17.6 Å². The van der Waals surface area contributed by atoms with Crippen LogP contribution in [0.1, 0.15) is 12.8 Å². The molecule has 0 atom stereocenters. The van der Waals surface area contributed by atoms with Gasteiger partial charge in [0.05, 0.1) is 5.75 Å². The number of fused-ring (bicyclic) bond motifs is 1. The fourth-order valence-electron chi connectivity index (χ4n) is 1.97. The number of benzene rings is 1. The lowest BCUT2D eigenvalue weighted by Crippen LogP contribution is -2.18. The molecular formula is C14H14N4O2S2. The second-order valence-electron chi connectivity index (χ2n) is 4.69. The number of amides is 2. The van der Waals surface area contributed by atoms with Gasteiger partial charge >= 0.3 is 0 Å². The van der Waals surface area contributed by atoms with Gasteiger partial charge in [-0.25, -0.2) is 5.01 Å². The van der Waals surface area contributed by atoms with Gasteiger partial charge in [0.15, 0.2) is 9.54 Å². The quantitative estimate of drug-likeness (QED) is 0.918. The average molecular weight is 334 g/mol. The van der Waals surface area contributed by atoms with Gasteiger partial charge < -0.3 is 5.32 Å². The molecule has 1 aromatic rings. The number of carbonyl (C=O) groups excluding carboxylic acids is 2. The van der Waals surface area contributed by atoms with Crippen molar-refractivity contribution < 1.29 is 9.59 Å². The minimum atomic E-state index is -0.103. The predicted molar refractivity (Wildman–Crippen MR) is 90.9 cm³/mol. The van der Waals surface area contributed by atoms with E-state index < -0.39 is 0 Å². The molecule has 1 aromatic carbocycles. The van der Waals surface area contributed by atoms with Crippen molar-refractivity contribution in [2.45, 2.75) is 12.8 Å². The van der Waals surface area contributed by atoms with E-state index in [9.17, 15) is 9.59 Å². The molecule has 2 aliphatic rings. The van der Waals surface area contributed by atoms with Gasteiger partial charge in [0.25, 0.3) is 0 Å². The zero-order valence-electron chi connectivity index (χ0n) is 11.7. The highest BCUT2D eigenvalue weighted by atomic mass is 32.2. The van der Waals surface area contributed by atoms with Gasteiger partial charge in [-0.15, -0.1) is 0 Å². The first-order valence-electron chi connectivity index (χ1n) is 6.84. The minimum Gasteiger partial charge on any atom is -0.325 e. The monoisotopic (exact) mass is 334 g/mol. The number of hydrogen-bond acceptors (Lipinski definition) is 6. The Morgan fingerprint density at radius 1 is 1.36 bits per heavy atom. The lowest BCUT2D eigenvalue weighted by molar-refractivity contribution is -0.117. The maximum Gasteiger partial charge on any atom is 0.248 e. The zero-order chi connectivity index (χ0) is 15.4. The van der Waals surface area contributed by atoms with Crippen LogP contribution in [0.5, 0.6) is 0 Å². The van der Waals surface area contributed by atoms with Crippen LogP contribution in [0.25, 0.3) is 0 Å². The number of carbonyl (C=O) groups is 2. The Kier molecular flexibility index (Phi) is 4.79. The SMILES string of the molecule is O=C1CCCN2N=C(SCC(=O)Nc3ccccc3)SC2=N1. The van der Waals surface area contributed by atoms with Gasteiger partial charge in [-0.2, -0.15) is 10.1 Å². The molecular weight excluding hydrogens is 320 g/mol. The van der Waals surface area contributed by atoms with Crippen molar-refractivity contribution in [1.82, 2.24) is 5.01 Å². The number of aliphatic imine (C=N–C) groups is 1. The van der Waals surface area contributed by atoms with Crippen LogP contribution < -0.4 is 5.32 Å². The normalized spacial score (nSPS) is 17.5. The highest BCUT2D eigenvalue weighted by Crippen LogP contribution is 2.29. The number of hydrazone groups is 1. The molecule has 8 heteroatoms. The molecule has 0 radical (unpaired) electrons. The van der Waals surface area contributed by atoms with E-state index in [1.54, 1.807) is 5.01 Å². The summed E-state index contributed by atoms with van der Waals surface area (Å²) >= 11 is 2.70. The van der Waals surface area contributed by atoms with Crippen molar-refractivity contribution in [3.8, 4) is 0 Å². The summed E-state index contributed by atoms with van der Waals surface area (Å²) in [6.07, 6.45) is 1.22. The summed E-state index contributed by atoms with van der Waals surface area (Å²) < 4.78 is 0.747. The van der Waals surface area contributed by atoms with E-state index in [1.807, 2.05) is 30.3 Å². The van der Waals surface area contributed by atoms with E-state index in [0.29, 0.717) is 18.1 Å². The van der Waals surface area contributed by atoms with E-state index in [1.165, 1.54) is 23.5 Å². The summed E-state index contributed by atoms with van der Waals surface area (Å²) in [7, 11) is 0. The Hall–Kier alpha value is -1.80. The molecule has 0 spiro atoms. The summed E-state index contributed by atoms with van der Waals surface area (Å²) in [5.41, 5.74) is 0.776. The number of thioether (sulfide) groups is 2. The number of nitrogens with one attached hydrogen (secondary N) is 1. The average Bonchev–Trinajstić information content (AvgIpc) is 2.80. The van der Waals surface area contributed by atoms with Crippen LogP contribution in [0, 0.1) is 0 Å². The highest BCUT2D eigenvalue weighted by molar-refractivity contribution is 8.45. The second-order valence-corrected chi connectivity index (χ2v) is 6.86. The number of nitrogens with zero attached hydrogens (tertiary/aromatic N) is 3. The first-order chi connectivity index (χ1) is 10.7. The molecule has 0 saturated carbocycles. The third-order valence-corrected chi connectivity index (χ3v) is 5.05. The van der Waals surface area contributed by atoms with Gasteiger partial charge in [-0.1, -0.05) is 30.0 Å². The van der Waals surface area contributed by atoms with E-state index >= 15 is 0 Å². The number of para-hydroxylation sites is 1. The Morgan fingerprint density at radius 3 is 3.00 bits per heavy atom. The standard InChI is InChI=1S/C14H14N4O2S2/c19-11-7-4-8-18-13(16-11)22-14(17-18)21-9-12(20)15-10-5-2-1-3-6-10/h1-3,5-6H,4,7-9H2,(H,15,20). The molecule has 2 aliphatic heterocycles. The van der Waals surface area contributed by atoms with Crippen LogP contribution in [0.3, 0.4) is 0 Å². The zero-order valence-corrected chi connectivity index (χ0v) is 13.3. The van der Waals surface area contributed by atoms with Crippen molar-refractivity contribution in [1.29, 1.82) is 0 Å². The topological polar surface area (TPSA) is 74.1 Å². The minimum absolute atomic E-state index is 0.0837. The number of amidine groups is 1. The van der Waals surface area contributed by atoms with Crippen molar-refractivity contribution in [2.75, 3.05) is 17.6 Å². The second kappa shape index (κ2) is 6.97. The van der Waals surface area contributed by atoms with Crippen LogP contribution in [-0.2, 0) is 9.59 Å². The molecule has 1 N–H and O–H groups in total. The molecule has 0 fully saturated rings. The third-order valence-electron chi connectivity index (χ3n) is 2.97. The summed E-state index contributed by atoms with van der Waals surface area (Å²) in [5, 5.41) is 9.58. The summed E-state index contributed by atoms with van der Waals surface area (Å²) in [6, 6.07) is 9.32. The molecule has 0 aliphatic carbocycles. The van der Waals surface area contributed by atoms with Crippen LogP contribution in [0.4, 0.5) is 5.69 Å². The molecule has 6 nitrogen and oxygen atoms in total. The van der Waals surface area contributed by atoms with Gasteiger partial charge in [-0.3, -0.25) is 9.59 Å². The largest absolute Gasteiger partial charge is 0.325 e. The first-order valence-corrected chi connectivity index (χ1v) is 8.64. The Bertz CT molecular complexity index is 646. The molecule has 0 aromatic heterocycles. The lowest BCUT2D eigenvalue weighted by Gasteiger charge is -2.08. The van der Waals surface area contributed by atoms with Crippen molar-refractivity contribution in [2.24, 2.45) is 10.1 Å². The third kappa shape index (κ3) is 3.89. The fraction of sp³-hybridized carbons (Fsp3) is 0.286. The van der Waals surface area contributed by atoms with Crippen LogP contribution in [0.2, 0.25) is 0 Å². The van der Waals surface area contributed by atoms with Gasteiger partial charge in [-0.05, 0) is 30.3 Å². The smallest absolute Gasteiger partial charge is 0.248 e. The van der Waals surface area contributed by atoms with E-state index in [4.69, 9.17) is 0 Å². The van der Waals surface area contributed by atoms with Gasteiger partial charge in [0, 0.05) is 18.7 Å². The first kappa shape index (κ1) is 15.1. The summed E-state index contributed by atoms with van der Waals surface area (Å²) in [5.74, 6) is 0.0865. The summed E-state index contributed by atoms with van der Waals surface area (Å²) in [4.78, 5) is 27.4. The molecule has 0 saturated heterocycles. The van der Waals surface area contributed by atoms with Crippen molar-refractivity contribution in [3.05, 3.63) is 30.3 Å². The molecule has 0 bridgehead atoms.